The Bertz CT molecular complexity index is 1040. The van der Waals surface area contributed by atoms with Crippen LogP contribution in [0, 0.1) is 0 Å². The number of halogens is 4. The van der Waals surface area contributed by atoms with Gasteiger partial charge in [-0.1, -0.05) is 46.3 Å². The van der Waals surface area contributed by atoms with Gasteiger partial charge in [-0.25, -0.2) is 4.79 Å². The average Bonchev–Trinajstić information content (AvgIpc) is 2.86. The van der Waals surface area contributed by atoms with E-state index in [0.717, 1.165) is 40.7 Å². The van der Waals surface area contributed by atoms with Crippen molar-refractivity contribution in [3.05, 3.63) is 64.6 Å². The third-order valence-corrected chi connectivity index (χ3v) is 6.88. The molecule has 2 rings (SSSR count). The SMILES string of the molecule is CC[N+](CCCC(=O)O)(CCCN(C(N)=O)c1ccc(Br)cc1)[C@H](C)c1ccccc1.O=C([O-])C(F)(F)F. The molecule has 38 heavy (non-hydrogen) atoms. The van der Waals surface area contributed by atoms with E-state index in [1.54, 1.807) is 4.90 Å². The lowest BCUT2D eigenvalue weighted by Crippen LogP contribution is -2.52. The summed E-state index contributed by atoms with van der Waals surface area (Å²) in [5.41, 5.74) is 7.66. The van der Waals surface area contributed by atoms with Gasteiger partial charge in [-0.05, 0) is 38.1 Å². The van der Waals surface area contributed by atoms with E-state index in [4.69, 9.17) is 20.7 Å². The van der Waals surface area contributed by atoms with Crippen LogP contribution in [-0.2, 0) is 9.59 Å². The van der Waals surface area contributed by atoms with Crippen LogP contribution in [0.4, 0.5) is 23.7 Å². The number of carboxylic acids is 2. The van der Waals surface area contributed by atoms with E-state index < -0.39 is 24.1 Å². The summed E-state index contributed by atoms with van der Waals surface area (Å²) in [6.45, 7) is 7.35. The molecule has 8 nitrogen and oxygen atoms in total. The molecule has 2 aromatic carbocycles. The van der Waals surface area contributed by atoms with Crippen molar-refractivity contribution in [1.29, 1.82) is 0 Å². The highest BCUT2D eigenvalue weighted by atomic mass is 79.9. The lowest BCUT2D eigenvalue weighted by molar-refractivity contribution is -0.954. The molecule has 210 valence electrons. The average molecular weight is 604 g/mol. The molecule has 2 atom stereocenters. The molecule has 0 heterocycles. The number of nitrogens with zero attached hydrogens (tertiary/aromatic N) is 2. The maximum atomic E-state index is 12.1. The van der Waals surface area contributed by atoms with Crippen LogP contribution in [-0.4, -0.2) is 59.9 Å². The summed E-state index contributed by atoms with van der Waals surface area (Å²) < 4.78 is 33.3. The van der Waals surface area contributed by atoms with E-state index in [-0.39, 0.29) is 12.5 Å². The quantitative estimate of drug-likeness (QED) is 0.346. The highest BCUT2D eigenvalue weighted by Crippen LogP contribution is 2.30. The second kappa shape index (κ2) is 15.3. The Kier molecular flexibility index (Phi) is 13.3. The number of hydrogen-bond acceptors (Lipinski definition) is 4. The number of alkyl halides is 3. The molecule has 0 aliphatic heterocycles. The number of urea groups is 1. The molecule has 2 amide bonds. The first-order valence-corrected chi connectivity index (χ1v) is 12.8. The molecule has 0 aliphatic carbocycles. The van der Waals surface area contributed by atoms with Crippen molar-refractivity contribution in [3.63, 3.8) is 0 Å². The number of carbonyl (C=O) groups excluding carboxylic acids is 2. The number of amides is 2. The Balaban J connectivity index is 0.000000905. The van der Waals surface area contributed by atoms with Gasteiger partial charge in [0.05, 0.1) is 26.1 Å². The van der Waals surface area contributed by atoms with Gasteiger partial charge in [0, 0.05) is 35.1 Å². The van der Waals surface area contributed by atoms with Gasteiger partial charge in [-0.15, -0.1) is 0 Å². The number of quaternary nitrogens is 1. The van der Waals surface area contributed by atoms with E-state index in [1.807, 2.05) is 42.5 Å². The van der Waals surface area contributed by atoms with Gasteiger partial charge >= 0.3 is 18.2 Å². The molecule has 2 aromatic rings. The number of rotatable bonds is 12. The van der Waals surface area contributed by atoms with E-state index >= 15 is 0 Å². The predicted molar refractivity (Wildman–Crippen MR) is 139 cm³/mol. The van der Waals surface area contributed by atoms with Gasteiger partial charge in [0.2, 0.25) is 0 Å². The monoisotopic (exact) mass is 603 g/mol. The summed E-state index contributed by atoms with van der Waals surface area (Å²) >= 11 is 3.41. The van der Waals surface area contributed by atoms with E-state index in [0.29, 0.717) is 13.0 Å². The molecule has 3 N–H and O–H groups in total. The number of nitrogens with two attached hydrogens (primary N) is 1. The zero-order valence-corrected chi connectivity index (χ0v) is 22.9. The third kappa shape index (κ3) is 10.7. The molecule has 0 saturated heterocycles. The van der Waals surface area contributed by atoms with Crippen molar-refractivity contribution in [1.82, 2.24) is 0 Å². The van der Waals surface area contributed by atoms with E-state index in [2.05, 4.69) is 41.9 Å². The molecule has 1 unspecified atom stereocenters. The Morgan fingerprint density at radius 2 is 1.58 bits per heavy atom. The van der Waals surface area contributed by atoms with Gasteiger partial charge in [0.15, 0.2) is 0 Å². The zero-order chi connectivity index (χ0) is 28.9. The number of benzene rings is 2. The number of hydrogen-bond donors (Lipinski definition) is 2. The minimum atomic E-state index is -5.19. The van der Waals surface area contributed by atoms with Crippen LogP contribution in [0.15, 0.2) is 59.1 Å². The summed E-state index contributed by atoms with van der Waals surface area (Å²) in [5, 5.41) is 17.9. The second-order valence-electron chi connectivity index (χ2n) is 8.67. The molecule has 0 bridgehead atoms. The summed E-state index contributed by atoms with van der Waals surface area (Å²) in [6.07, 6.45) is -3.66. The Morgan fingerprint density at radius 3 is 2.03 bits per heavy atom. The first-order chi connectivity index (χ1) is 17.7. The number of aliphatic carboxylic acids is 2. The van der Waals surface area contributed by atoms with Gasteiger partial charge in [-0.3, -0.25) is 9.69 Å². The molecule has 0 aliphatic rings. The van der Waals surface area contributed by atoms with Crippen molar-refractivity contribution in [2.24, 2.45) is 5.73 Å². The lowest BCUT2D eigenvalue weighted by atomic mass is 10.0. The first kappa shape index (κ1) is 32.9. The normalized spacial score (nSPS) is 13.4. The Hall–Kier alpha value is -3.12. The second-order valence-corrected chi connectivity index (χ2v) is 9.59. The van der Waals surface area contributed by atoms with Crippen molar-refractivity contribution < 1.29 is 42.3 Å². The van der Waals surface area contributed by atoms with Gasteiger partial charge in [0.1, 0.15) is 12.0 Å². The van der Waals surface area contributed by atoms with Crippen LogP contribution >= 0.6 is 15.9 Å². The van der Waals surface area contributed by atoms with Crippen LogP contribution < -0.4 is 15.7 Å². The van der Waals surface area contributed by atoms with Crippen LogP contribution in [0.2, 0.25) is 0 Å². The highest BCUT2D eigenvalue weighted by Gasteiger charge is 2.33. The fourth-order valence-corrected chi connectivity index (χ4v) is 4.48. The molecule has 0 saturated carbocycles. The Labute approximate surface area is 228 Å². The number of carboxylic acid groups (broad SMARTS) is 2. The largest absolute Gasteiger partial charge is 0.542 e. The fraction of sp³-hybridized carbons (Fsp3) is 0.423. The lowest BCUT2D eigenvalue weighted by Gasteiger charge is -2.44. The number of primary amides is 1. The molecule has 12 heteroatoms. The molecule has 0 fully saturated rings. The minimum Gasteiger partial charge on any atom is -0.542 e. The van der Waals surface area contributed by atoms with Gasteiger partial charge in [-0.2, -0.15) is 13.2 Å². The Morgan fingerprint density at radius 1 is 1.05 bits per heavy atom. The highest BCUT2D eigenvalue weighted by molar-refractivity contribution is 9.10. The maximum Gasteiger partial charge on any atom is 0.430 e. The first-order valence-electron chi connectivity index (χ1n) is 12.0. The summed E-state index contributed by atoms with van der Waals surface area (Å²) in [5.74, 6) is -3.77. The van der Waals surface area contributed by atoms with Crippen molar-refractivity contribution in [2.45, 2.75) is 45.3 Å². The summed E-state index contributed by atoms with van der Waals surface area (Å²) in [4.78, 5) is 33.6. The zero-order valence-electron chi connectivity index (χ0n) is 21.3. The van der Waals surface area contributed by atoms with Crippen molar-refractivity contribution >= 4 is 39.6 Å². The number of anilines is 1. The van der Waals surface area contributed by atoms with Crippen molar-refractivity contribution in [3.8, 4) is 0 Å². The molecule has 0 spiro atoms. The summed E-state index contributed by atoms with van der Waals surface area (Å²) in [6, 6.07) is 17.6. The maximum absolute atomic E-state index is 12.1. The fourth-order valence-electron chi connectivity index (χ4n) is 4.21. The third-order valence-electron chi connectivity index (χ3n) is 6.35. The minimum absolute atomic E-state index is 0.161. The number of carbonyl (C=O) groups is 3. The topological polar surface area (TPSA) is 124 Å². The molecule has 0 radical (unpaired) electrons. The standard InChI is InChI=1S/C24H32BrN3O3.C2HF3O2/c1-3-28(17-7-11-23(29)30,19(2)20-9-5-4-6-10-20)18-8-16-27(24(26)31)22-14-12-21(25)13-15-22;3-2(4,5)1(6)7/h4-6,9-10,12-15,19H,3,7-8,11,16-18H2,1-2H3,(H2-,26,29,30,31);(H,6,7)/t19-,28?;/m1./s1. The van der Waals surface area contributed by atoms with Gasteiger partial charge < -0.3 is 25.2 Å². The van der Waals surface area contributed by atoms with E-state index in [1.165, 1.54) is 5.56 Å². The molecule has 0 aromatic heterocycles. The van der Waals surface area contributed by atoms with Crippen LogP contribution in [0.5, 0.6) is 0 Å². The predicted octanol–water partition coefficient (Wildman–Crippen LogP) is 4.49. The van der Waals surface area contributed by atoms with Gasteiger partial charge in [0.25, 0.3) is 0 Å². The van der Waals surface area contributed by atoms with E-state index in [9.17, 15) is 22.8 Å². The van der Waals surface area contributed by atoms with Crippen molar-refractivity contribution in [2.75, 3.05) is 31.1 Å². The molecular weight excluding hydrogens is 571 g/mol. The van der Waals surface area contributed by atoms with Crippen LogP contribution in [0.1, 0.15) is 44.7 Å². The molecular formula is C26H33BrF3N3O5. The van der Waals surface area contributed by atoms with Crippen LogP contribution in [0.3, 0.4) is 0 Å². The smallest absolute Gasteiger partial charge is 0.430 e. The summed E-state index contributed by atoms with van der Waals surface area (Å²) in [7, 11) is 0. The van der Waals surface area contributed by atoms with Crippen LogP contribution in [0.25, 0.3) is 0 Å².